The van der Waals surface area contributed by atoms with E-state index in [9.17, 15) is 34.2 Å². The quantitative estimate of drug-likeness (QED) is 0.0712. The lowest BCUT2D eigenvalue weighted by Crippen LogP contribution is -2.62. The molecule has 2 atom stereocenters. The molecule has 0 spiro atoms. The summed E-state index contributed by atoms with van der Waals surface area (Å²) in [5.41, 5.74) is 10.2. The standard InChI is InChI=1S/C25H32N10O8S2/c1-5-6-28-24(42)29-13-9-34(33(4)17(13)26)8-11-10-44-20-12(19(37)35(20)16(11)21(38)39)7-14(36)15(18-30-23(27)45-32-18)31-43-25(2,3)22(40)41/h9,12,20,26H,5-8,10H2,1-4H3,(H6,27,28,29,30,32,38,39,40,41,42)/p+1/b31-15+/t12-,20?/m1/s1. The Labute approximate surface area is 264 Å². The fraction of sp³-hybridized carbons (Fsp3) is 0.480. The summed E-state index contributed by atoms with van der Waals surface area (Å²) in [6.45, 7) is 4.91. The number of hydrogen-bond donors (Lipinski definition) is 6. The third-order valence-electron chi connectivity index (χ3n) is 6.99. The molecule has 3 amide bonds. The Hall–Kier alpha value is -4.72. The van der Waals surface area contributed by atoms with Crippen molar-refractivity contribution in [3.8, 4) is 0 Å². The summed E-state index contributed by atoms with van der Waals surface area (Å²) in [4.78, 5) is 72.9. The van der Waals surface area contributed by atoms with Crippen LogP contribution in [0.2, 0.25) is 0 Å². The number of nitrogens with two attached hydrogens (primary N) is 2. The Balaban J connectivity index is 1.54. The third kappa shape index (κ3) is 6.85. The third-order valence-corrected chi connectivity index (χ3v) is 8.93. The number of β-lactam (4-membered cyclic amide) rings is 1. The van der Waals surface area contributed by atoms with Gasteiger partial charge in [-0.2, -0.15) is 9.36 Å². The molecule has 242 valence electrons. The predicted octanol–water partition coefficient (Wildman–Crippen LogP) is -0.0267. The number of hydrogen-bond acceptors (Lipinski definition) is 13. The van der Waals surface area contributed by atoms with Crippen LogP contribution in [-0.2, 0) is 37.6 Å². The second-order valence-corrected chi connectivity index (χ2v) is 12.5. The molecule has 1 fully saturated rings. The topological polar surface area (TPSA) is 261 Å². The molecule has 2 aromatic rings. The van der Waals surface area contributed by atoms with Crippen molar-refractivity contribution >= 4 is 75.3 Å². The average Bonchev–Trinajstić information content (AvgIpc) is 3.52. The predicted molar refractivity (Wildman–Crippen MR) is 162 cm³/mol. The van der Waals surface area contributed by atoms with Crippen molar-refractivity contribution in [1.29, 1.82) is 0 Å². The van der Waals surface area contributed by atoms with E-state index in [-0.39, 0.29) is 41.2 Å². The molecule has 2 aromatic heterocycles. The van der Waals surface area contributed by atoms with Gasteiger partial charge in [-0.15, -0.1) is 21.1 Å². The van der Waals surface area contributed by atoms with Gasteiger partial charge < -0.3 is 31.8 Å². The molecule has 4 rings (SSSR count). The molecule has 0 aromatic carbocycles. The maximum atomic E-state index is 13.4. The van der Waals surface area contributed by atoms with Gasteiger partial charge in [0.25, 0.3) is 0 Å². The molecule has 0 saturated carbocycles. The number of ketones is 1. The summed E-state index contributed by atoms with van der Waals surface area (Å²) in [6.07, 6.45) is 1.93. The van der Waals surface area contributed by atoms with E-state index >= 15 is 0 Å². The second-order valence-electron chi connectivity index (χ2n) is 10.6. The number of nitrogen functional groups attached to an aromatic ring is 2. The van der Waals surface area contributed by atoms with Crippen LogP contribution in [-0.4, -0.2) is 87.8 Å². The van der Waals surface area contributed by atoms with E-state index in [1.807, 2.05) is 6.92 Å². The number of carbonyl (C=O) groups is 5. The Morgan fingerprint density at radius 1 is 1.27 bits per heavy atom. The van der Waals surface area contributed by atoms with Crippen LogP contribution in [0.4, 0.5) is 21.4 Å². The molecule has 2 aliphatic heterocycles. The van der Waals surface area contributed by atoms with E-state index < -0.39 is 52.3 Å². The number of Topliss-reactive ketones (excluding diaryl/α,β-unsaturated/α-hetero) is 1. The first-order chi connectivity index (χ1) is 21.2. The largest absolute Gasteiger partial charge is 0.478 e. The van der Waals surface area contributed by atoms with E-state index in [1.54, 1.807) is 22.6 Å². The number of aliphatic carboxylic acids is 2. The molecule has 2 aliphatic rings. The summed E-state index contributed by atoms with van der Waals surface area (Å²) in [7, 11) is 1.64. The van der Waals surface area contributed by atoms with Crippen molar-refractivity contribution in [2.24, 2.45) is 18.1 Å². The minimum atomic E-state index is -1.79. The molecule has 4 heterocycles. The van der Waals surface area contributed by atoms with Gasteiger partial charge in [0.05, 0.1) is 18.3 Å². The second kappa shape index (κ2) is 13.1. The first-order valence-corrected chi connectivity index (χ1v) is 15.4. The van der Waals surface area contributed by atoms with Crippen molar-refractivity contribution in [2.75, 3.05) is 29.1 Å². The molecule has 1 unspecified atom stereocenters. The number of amides is 3. The van der Waals surface area contributed by atoms with Gasteiger partial charge in [0, 0.05) is 35.8 Å². The Bertz CT molecular complexity index is 1610. The van der Waals surface area contributed by atoms with Crippen molar-refractivity contribution in [3.05, 3.63) is 23.3 Å². The molecule has 45 heavy (non-hydrogen) atoms. The highest BCUT2D eigenvalue weighted by molar-refractivity contribution is 8.00. The molecular weight excluding hydrogens is 632 g/mol. The number of carboxylic acids is 2. The fourth-order valence-corrected chi connectivity index (χ4v) is 6.28. The normalized spacial score (nSPS) is 18.3. The van der Waals surface area contributed by atoms with Gasteiger partial charge in [0.15, 0.2) is 34.7 Å². The summed E-state index contributed by atoms with van der Waals surface area (Å²) in [6, 6.07) is -0.436. The zero-order valence-corrected chi connectivity index (χ0v) is 26.4. The zero-order valence-electron chi connectivity index (χ0n) is 24.8. The number of carbonyl (C=O) groups excluding carboxylic acids is 3. The van der Waals surface area contributed by atoms with Crippen LogP contribution in [0.3, 0.4) is 0 Å². The number of fused-ring (bicyclic) bond motifs is 1. The average molecular weight is 666 g/mol. The monoisotopic (exact) mass is 665 g/mol. The van der Waals surface area contributed by atoms with Crippen LogP contribution in [0.25, 0.3) is 0 Å². The van der Waals surface area contributed by atoms with Crippen LogP contribution < -0.4 is 26.8 Å². The van der Waals surface area contributed by atoms with Crippen LogP contribution in [0.5, 0.6) is 0 Å². The lowest BCUT2D eigenvalue weighted by atomic mass is 9.89. The summed E-state index contributed by atoms with van der Waals surface area (Å²) in [5, 5.41) is 27.9. The molecule has 0 bridgehead atoms. The van der Waals surface area contributed by atoms with Crippen LogP contribution in [0.1, 0.15) is 39.4 Å². The van der Waals surface area contributed by atoms with Crippen LogP contribution >= 0.6 is 23.3 Å². The number of oxime groups is 1. The van der Waals surface area contributed by atoms with Crippen molar-refractivity contribution in [1.82, 2.24) is 24.3 Å². The zero-order chi connectivity index (χ0) is 33.2. The van der Waals surface area contributed by atoms with E-state index in [1.165, 1.54) is 25.6 Å². The molecular formula is C25H33N10O8S2+. The van der Waals surface area contributed by atoms with Gasteiger partial charge in [0.2, 0.25) is 23.5 Å². The number of nitrogens with one attached hydrogen (secondary N) is 2. The van der Waals surface area contributed by atoms with Crippen molar-refractivity contribution in [2.45, 2.75) is 51.1 Å². The molecule has 8 N–H and O–H groups in total. The highest BCUT2D eigenvalue weighted by atomic mass is 32.2. The van der Waals surface area contributed by atoms with Crippen molar-refractivity contribution < 1.29 is 43.7 Å². The lowest BCUT2D eigenvalue weighted by Gasteiger charge is -2.49. The van der Waals surface area contributed by atoms with Gasteiger partial charge in [-0.05, 0) is 20.3 Å². The number of thioether (sulfide) groups is 1. The van der Waals surface area contributed by atoms with E-state index in [0.717, 1.165) is 22.9 Å². The number of anilines is 3. The number of urea groups is 1. The maximum absolute atomic E-state index is 13.4. The van der Waals surface area contributed by atoms with E-state index in [2.05, 4.69) is 25.1 Å². The number of nitrogens with zero attached hydrogens (tertiary/aromatic N) is 6. The Kier molecular flexibility index (Phi) is 9.66. The van der Waals surface area contributed by atoms with Crippen LogP contribution in [0.15, 0.2) is 22.6 Å². The number of aromatic nitrogens is 4. The van der Waals surface area contributed by atoms with Gasteiger partial charge in [-0.3, -0.25) is 19.8 Å². The molecule has 20 heteroatoms. The fourth-order valence-electron chi connectivity index (χ4n) is 4.45. The number of carboxylic acid groups (broad SMARTS) is 2. The smallest absolute Gasteiger partial charge is 0.352 e. The number of rotatable bonds is 13. The first-order valence-electron chi connectivity index (χ1n) is 13.6. The maximum Gasteiger partial charge on any atom is 0.352 e. The minimum Gasteiger partial charge on any atom is -0.478 e. The van der Waals surface area contributed by atoms with Crippen molar-refractivity contribution in [3.63, 3.8) is 0 Å². The van der Waals surface area contributed by atoms with Crippen LogP contribution in [0, 0.1) is 5.92 Å². The molecule has 0 radical (unpaired) electrons. The highest BCUT2D eigenvalue weighted by Gasteiger charge is 2.54. The van der Waals surface area contributed by atoms with Gasteiger partial charge in [0.1, 0.15) is 5.70 Å². The van der Waals surface area contributed by atoms with Gasteiger partial charge in [-0.1, -0.05) is 12.1 Å². The van der Waals surface area contributed by atoms with E-state index in [4.69, 9.17) is 16.3 Å². The highest BCUT2D eigenvalue weighted by Crippen LogP contribution is 2.45. The molecule has 0 aliphatic carbocycles. The summed E-state index contributed by atoms with van der Waals surface area (Å²) >= 11 is 2.07. The molecule has 1 saturated heterocycles. The SMILES string of the molecule is CCCNC(=O)Nc1c[n+](CC2=C(C(=O)O)N3C(=O)[C@@H](CC(=O)/C(=N\OC(C)(C)C(=O)O)c4nsc(N)n4)C3SC2)n(C)c1N. The minimum absolute atomic E-state index is 0.0287. The Morgan fingerprint density at radius 2 is 1.98 bits per heavy atom. The molecule has 18 nitrogen and oxygen atoms in total. The lowest BCUT2D eigenvalue weighted by molar-refractivity contribution is -0.765. The van der Waals surface area contributed by atoms with E-state index in [0.29, 0.717) is 17.8 Å². The first kappa shape index (κ1) is 33.2. The summed E-state index contributed by atoms with van der Waals surface area (Å²) in [5.74, 6) is -4.58. The van der Waals surface area contributed by atoms with Gasteiger partial charge >= 0.3 is 18.0 Å². The summed E-state index contributed by atoms with van der Waals surface area (Å²) < 4.78 is 7.13. The van der Waals surface area contributed by atoms with Gasteiger partial charge in [-0.25, -0.2) is 14.4 Å². The Morgan fingerprint density at radius 3 is 2.58 bits per heavy atom.